The molecule has 1 heterocycles. The van der Waals surface area contributed by atoms with E-state index in [0.29, 0.717) is 28.6 Å². The molecule has 0 saturated carbocycles. The average Bonchev–Trinajstić information content (AvgIpc) is 2.49. The number of amides is 2. The fraction of sp³-hybridized carbons (Fsp3) is 0.0714. The van der Waals surface area contributed by atoms with Gasteiger partial charge in [-0.25, -0.2) is 0 Å². The number of anilines is 1. The summed E-state index contributed by atoms with van der Waals surface area (Å²) in [6.45, 7) is 0. The standard InChI is InChI=1S/C14H12ClN3O3/c1-16-14(20)13-7-10(4-5-17-13)21-9-2-3-12(18-8-19)11(15)6-9/h2-8H,1H3,(H,16,20)(H,18,19). The number of hydrogen-bond acceptors (Lipinski definition) is 4. The molecule has 0 aliphatic rings. The largest absolute Gasteiger partial charge is 0.457 e. The molecule has 1 aromatic heterocycles. The van der Waals surface area contributed by atoms with Crippen LogP contribution >= 0.6 is 11.6 Å². The lowest BCUT2D eigenvalue weighted by Gasteiger charge is -2.09. The van der Waals surface area contributed by atoms with E-state index in [0.717, 1.165) is 0 Å². The van der Waals surface area contributed by atoms with Gasteiger partial charge in [0.2, 0.25) is 6.41 Å². The van der Waals surface area contributed by atoms with Gasteiger partial charge in [0.15, 0.2) is 0 Å². The molecule has 2 aromatic rings. The Morgan fingerprint density at radius 3 is 2.71 bits per heavy atom. The maximum Gasteiger partial charge on any atom is 0.269 e. The number of hydrogen-bond donors (Lipinski definition) is 2. The summed E-state index contributed by atoms with van der Waals surface area (Å²) in [5, 5.41) is 5.30. The number of rotatable bonds is 5. The average molecular weight is 306 g/mol. The molecule has 1 aromatic carbocycles. The molecule has 0 radical (unpaired) electrons. The molecule has 0 fully saturated rings. The minimum Gasteiger partial charge on any atom is -0.457 e. The van der Waals surface area contributed by atoms with Gasteiger partial charge in [0.05, 0.1) is 10.7 Å². The normalized spacial score (nSPS) is 9.81. The van der Waals surface area contributed by atoms with E-state index in [1.54, 1.807) is 24.3 Å². The first-order chi connectivity index (χ1) is 10.1. The van der Waals surface area contributed by atoms with Gasteiger partial charge in [-0.15, -0.1) is 0 Å². The van der Waals surface area contributed by atoms with E-state index >= 15 is 0 Å². The summed E-state index contributed by atoms with van der Waals surface area (Å²) in [5.74, 6) is 0.630. The minimum absolute atomic E-state index is 0.250. The number of aromatic nitrogens is 1. The molecule has 2 rings (SSSR count). The maximum absolute atomic E-state index is 11.5. The van der Waals surface area contributed by atoms with Gasteiger partial charge in [0.1, 0.15) is 17.2 Å². The van der Waals surface area contributed by atoms with Crippen LogP contribution < -0.4 is 15.4 Å². The number of pyridine rings is 1. The zero-order chi connectivity index (χ0) is 15.2. The topological polar surface area (TPSA) is 80.3 Å². The lowest BCUT2D eigenvalue weighted by atomic mass is 10.3. The zero-order valence-electron chi connectivity index (χ0n) is 11.1. The summed E-state index contributed by atoms with van der Waals surface area (Å²) >= 11 is 6.00. The number of carbonyl (C=O) groups excluding carboxylic acids is 2. The van der Waals surface area contributed by atoms with E-state index in [4.69, 9.17) is 16.3 Å². The second-order valence-corrected chi connectivity index (χ2v) is 4.37. The highest BCUT2D eigenvalue weighted by atomic mass is 35.5. The van der Waals surface area contributed by atoms with Crippen molar-refractivity contribution in [3.8, 4) is 11.5 Å². The molecule has 7 heteroatoms. The van der Waals surface area contributed by atoms with Gasteiger partial charge in [-0.3, -0.25) is 14.6 Å². The van der Waals surface area contributed by atoms with Crippen LogP contribution in [0.2, 0.25) is 5.02 Å². The van der Waals surface area contributed by atoms with Crippen molar-refractivity contribution in [2.24, 2.45) is 0 Å². The van der Waals surface area contributed by atoms with Gasteiger partial charge >= 0.3 is 0 Å². The molecule has 0 unspecified atom stereocenters. The van der Waals surface area contributed by atoms with E-state index in [1.165, 1.54) is 19.3 Å². The Morgan fingerprint density at radius 1 is 1.29 bits per heavy atom. The molecule has 0 atom stereocenters. The molecule has 0 spiro atoms. The summed E-state index contributed by atoms with van der Waals surface area (Å²) in [7, 11) is 1.52. The predicted molar refractivity (Wildman–Crippen MR) is 78.8 cm³/mol. The van der Waals surface area contributed by atoms with Gasteiger partial charge in [0, 0.05) is 25.4 Å². The van der Waals surface area contributed by atoms with Gasteiger partial charge in [-0.1, -0.05) is 11.6 Å². The van der Waals surface area contributed by atoms with Crippen LogP contribution in [0.15, 0.2) is 36.5 Å². The number of carbonyl (C=O) groups is 2. The van der Waals surface area contributed by atoms with Crippen molar-refractivity contribution >= 4 is 29.6 Å². The van der Waals surface area contributed by atoms with E-state index < -0.39 is 0 Å². The van der Waals surface area contributed by atoms with Crippen LogP contribution in [0.5, 0.6) is 11.5 Å². The molecule has 0 bridgehead atoms. The fourth-order valence-corrected chi connectivity index (χ4v) is 1.83. The molecular formula is C14H12ClN3O3. The SMILES string of the molecule is CNC(=O)c1cc(Oc2ccc(NC=O)c(Cl)c2)ccn1. The fourth-order valence-electron chi connectivity index (χ4n) is 1.60. The molecular weight excluding hydrogens is 294 g/mol. The molecule has 0 aliphatic heterocycles. The first-order valence-electron chi connectivity index (χ1n) is 5.99. The van der Waals surface area contributed by atoms with Crippen molar-refractivity contribution in [3.05, 3.63) is 47.2 Å². The molecule has 108 valence electrons. The summed E-state index contributed by atoms with van der Waals surface area (Å²) < 4.78 is 5.61. The summed E-state index contributed by atoms with van der Waals surface area (Å²) in [6.07, 6.45) is 2.02. The first kappa shape index (κ1) is 14.8. The highest BCUT2D eigenvalue weighted by Gasteiger charge is 2.08. The molecule has 2 N–H and O–H groups in total. The minimum atomic E-state index is -0.302. The molecule has 2 amide bonds. The van der Waals surface area contributed by atoms with Crippen LogP contribution in [0.4, 0.5) is 5.69 Å². The number of benzene rings is 1. The van der Waals surface area contributed by atoms with Crippen molar-refractivity contribution < 1.29 is 14.3 Å². The van der Waals surface area contributed by atoms with Crippen molar-refractivity contribution in [1.29, 1.82) is 0 Å². The van der Waals surface area contributed by atoms with Gasteiger partial charge in [-0.2, -0.15) is 0 Å². The van der Waals surface area contributed by atoms with Crippen molar-refractivity contribution in [2.75, 3.05) is 12.4 Å². The highest BCUT2D eigenvalue weighted by molar-refractivity contribution is 6.33. The zero-order valence-corrected chi connectivity index (χ0v) is 11.8. The quantitative estimate of drug-likeness (QED) is 0.832. The second-order valence-electron chi connectivity index (χ2n) is 3.96. The summed E-state index contributed by atoms with van der Waals surface area (Å²) in [4.78, 5) is 25.8. The van der Waals surface area contributed by atoms with Crippen LogP contribution in [0.3, 0.4) is 0 Å². The van der Waals surface area contributed by atoms with Crippen LogP contribution in [0, 0.1) is 0 Å². The van der Waals surface area contributed by atoms with Crippen LogP contribution in [0.1, 0.15) is 10.5 Å². The maximum atomic E-state index is 11.5. The molecule has 6 nitrogen and oxygen atoms in total. The number of ether oxygens (including phenoxy) is 1. The van der Waals surface area contributed by atoms with E-state index in [1.807, 2.05) is 0 Å². The molecule has 0 saturated heterocycles. The predicted octanol–water partition coefficient (Wildman–Crippen LogP) is 2.46. The molecule has 21 heavy (non-hydrogen) atoms. The third-order valence-corrected chi connectivity index (χ3v) is 2.89. The van der Waals surface area contributed by atoms with Gasteiger partial charge < -0.3 is 15.4 Å². The number of halogens is 1. The Kier molecular flexibility index (Phi) is 4.73. The third-order valence-electron chi connectivity index (χ3n) is 2.58. The Hall–Kier alpha value is -2.60. The Bertz CT molecular complexity index is 676. The van der Waals surface area contributed by atoms with Crippen molar-refractivity contribution in [2.45, 2.75) is 0 Å². The monoisotopic (exact) mass is 305 g/mol. The van der Waals surface area contributed by atoms with Crippen LogP contribution in [-0.2, 0) is 4.79 Å². The third kappa shape index (κ3) is 3.70. The van der Waals surface area contributed by atoms with Crippen molar-refractivity contribution in [1.82, 2.24) is 10.3 Å². The van der Waals surface area contributed by atoms with Crippen LogP contribution in [0.25, 0.3) is 0 Å². The first-order valence-corrected chi connectivity index (χ1v) is 6.37. The highest BCUT2D eigenvalue weighted by Crippen LogP contribution is 2.29. The lowest BCUT2D eigenvalue weighted by Crippen LogP contribution is -2.18. The van der Waals surface area contributed by atoms with E-state index in [-0.39, 0.29) is 11.6 Å². The summed E-state index contributed by atoms with van der Waals surface area (Å²) in [5.41, 5.74) is 0.736. The Labute approximate surface area is 126 Å². The van der Waals surface area contributed by atoms with Gasteiger partial charge in [-0.05, 0) is 18.2 Å². The van der Waals surface area contributed by atoms with Gasteiger partial charge in [0.25, 0.3) is 5.91 Å². The van der Waals surface area contributed by atoms with Crippen molar-refractivity contribution in [3.63, 3.8) is 0 Å². The lowest BCUT2D eigenvalue weighted by molar-refractivity contribution is -0.105. The van der Waals surface area contributed by atoms with Crippen LogP contribution in [-0.4, -0.2) is 24.3 Å². The Morgan fingerprint density at radius 2 is 2.05 bits per heavy atom. The molecule has 0 aliphatic carbocycles. The second kappa shape index (κ2) is 6.71. The Balaban J connectivity index is 2.20. The van der Waals surface area contributed by atoms with E-state index in [2.05, 4.69) is 15.6 Å². The summed E-state index contributed by atoms with van der Waals surface area (Å²) in [6, 6.07) is 7.97. The number of nitrogens with zero attached hydrogens (tertiary/aromatic N) is 1. The van der Waals surface area contributed by atoms with E-state index in [9.17, 15) is 9.59 Å². The number of nitrogens with one attached hydrogen (secondary N) is 2. The smallest absolute Gasteiger partial charge is 0.269 e.